The lowest BCUT2D eigenvalue weighted by atomic mass is 10.1. The minimum absolute atomic E-state index is 0.134. The summed E-state index contributed by atoms with van der Waals surface area (Å²) in [5, 5.41) is 9.99. The van der Waals surface area contributed by atoms with Gasteiger partial charge in [0.05, 0.1) is 12.3 Å². The largest absolute Gasteiger partial charge is 0.390 e. The number of nitrogens with zero attached hydrogens (tertiary/aromatic N) is 2. The number of aliphatic hydroxyl groups is 1. The van der Waals surface area contributed by atoms with Crippen LogP contribution in [0.4, 0.5) is 0 Å². The molecule has 0 saturated heterocycles. The summed E-state index contributed by atoms with van der Waals surface area (Å²) >= 11 is 6.20. The van der Waals surface area contributed by atoms with Gasteiger partial charge >= 0.3 is 0 Å². The zero-order valence-corrected chi connectivity index (χ0v) is 13.1. The number of benzene rings is 2. The Morgan fingerprint density at radius 1 is 1.05 bits per heavy atom. The van der Waals surface area contributed by atoms with Gasteiger partial charge in [-0.2, -0.15) is 0 Å². The lowest BCUT2D eigenvalue weighted by molar-refractivity contribution is 0.272. The Hall–Kier alpha value is -2.10. The van der Waals surface area contributed by atoms with Crippen molar-refractivity contribution in [2.75, 3.05) is 0 Å². The second kappa shape index (κ2) is 6.34. The second-order valence-corrected chi connectivity index (χ2v) is 5.63. The zero-order chi connectivity index (χ0) is 15.5. The first-order valence-electron chi connectivity index (χ1n) is 7.16. The van der Waals surface area contributed by atoms with E-state index in [1.54, 1.807) is 0 Å². The molecule has 1 aromatic heterocycles. The summed E-state index contributed by atoms with van der Waals surface area (Å²) in [7, 11) is 0. The van der Waals surface area contributed by atoms with E-state index >= 15 is 0 Å². The Labute approximate surface area is 134 Å². The summed E-state index contributed by atoms with van der Waals surface area (Å²) in [6.07, 6.45) is 0. The van der Waals surface area contributed by atoms with Crippen LogP contribution in [-0.4, -0.2) is 14.7 Å². The number of imidazole rings is 1. The van der Waals surface area contributed by atoms with E-state index in [4.69, 9.17) is 11.6 Å². The predicted octanol–water partition coefficient (Wildman–Crippen LogP) is 4.05. The summed E-state index contributed by atoms with van der Waals surface area (Å²) in [6.45, 7) is 2.55. The first-order chi connectivity index (χ1) is 10.7. The van der Waals surface area contributed by atoms with Crippen molar-refractivity contribution in [2.45, 2.75) is 20.1 Å². The Morgan fingerprint density at radius 2 is 1.73 bits per heavy atom. The fourth-order valence-electron chi connectivity index (χ4n) is 2.46. The van der Waals surface area contributed by atoms with Gasteiger partial charge in [-0.25, -0.2) is 4.98 Å². The first-order valence-corrected chi connectivity index (χ1v) is 7.53. The van der Waals surface area contributed by atoms with Crippen molar-refractivity contribution in [1.29, 1.82) is 0 Å². The van der Waals surface area contributed by atoms with Crippen LogP contribution in [0, 0.1) is 6.92 Å². The molecule has 0 amide bonds. The second-order valence-electron chi connectivity index (χ2n) is 5.27. The maximum atomic E-state index is 9.64. The molecule has 0 radical (unpaired) electrons. The van der Waals surface area contributed by atoms with Gasteiger partial charge in [0, 0.05) is 12.1 Å². The zero-order valence-electron chi connectivity index (χ0n) is 12.3. The molecule has 0 bridgehead atoms. The minimum atomic E-state index is -0.134. The number of aromatic nitrogens is 2. The lowest BCUT2D eigenvalue weighted by Crippen LogP contribution is -2.06. The number of hydrogen-bond donors (Lipinski definition) is 1. The van der Waals surface area contributed by atoms with Gasteiger partial charge in [0.1, 0.15) is 5.82 Å². The van der Waals surface area contributed by atoms with Gasteiger partial charge in [-0.15, -0.1) is 0 Å². The number of aliphatic hydroxyl groups excluding tert-OH is 1. The van der Waals surface area contributed by atoms with Crippen molar-refractivity contribution >= 4 is 11.6 Å². The highest BCUT2D eigenvalue weighted by molar-refractivity contribution is 6.30. The average molecular weight is 313 g/mol. The van der Waals surface area contributed by atoms with E-state index in [0.29, 0.717) is 17.4 Å². The molecule has 0 aliphatic rings. The third kappa shape index (κ3) is 2.91. The molecule has 0 unspecified atom stereocenters. The van der Waals surface area contributed by atoms with Crippen LogP contribution in [0.25, 0.3) is 11.4 Å². The molecule has 0 fully saturated rings. The minimum Gasteiger partial charge on any atom is -0.390 e. The molecule has 3 aromatic rings. The van der Waals surface area contributed by atoms with Crippen LogP contribution in [0.15, 0.2) is 54.6 Å². The van der Waals surface area contributed by atoms with Gasteiger partial charge < -0.3 is 9.67 Å². The summed E-state index contributed by atoms with van der Waals surface area (Å²) < 4.78 is 1.97. The number of aryl methyl sites for hydroxylation is 1. The van der Waals surface area contributed by atoms with E-state index < -0.39 is 0 Å². The standard InChI is InChI=1S/C18H17ClN2O/c1-13-7-9-14(10-8-13)11-21-16(12-22)17(19)20-18(21)15-5-3-2-4-6-15/h2-10,22H,11-12H2,1H3. The van der Waals surface area contributed by atoms with Gasteiger partial charge in [-0.3, -0.25) is 0 Å². The van der Waals surface area contributed by atoms with Crippen LogP contribution in [0.2, 0.25) is 5.15 Å². The van der Waals surface area contributed by atoms with Gasteiger partial charge in [-0.1, -0.05) is 71.8 Å². The molecule has 0 saturated carbocycles. The van der Waals surface area contributed by atoms with Crippen molar-refractivity contribution in [2.24, 2.45) is 0 Å². The van der Waals surface area contributed by atoms with Crippen molar-refractivity contribution in [1.82, 2.24) is 9.55 Å². The highest BCUT2D eigenvalue weighted by Crippen LogP contribution is 2.26. The van der Waals surface area contributed by atoms with Gasteiger partial charge in [0.15, 0.2) is 5.15 Å². The summed E-state index contributed by atoms with van der Waals surface area (Å²) in [5.41, 5.74) is 3.99. The van der Waals surface area contributed by atoms with Gasteiger partial charge in [0.2, 0.25) is 0 Å². The molecule has 112 valence electrons. The van der Waals surface area contributed by atoms with E-state index in [9.17, 15) is 5.11 Å². The van der Waals surface area contributed by atoms with Crippen LogP contribution in [0.3, 0.4) is 0 Å². The summed E-state index contributed by atoms with van der Waals surface area (Å²) in [6, 6.07) is 18.2. The maximum absolute atomic E-state index is 9.64. The molecule has 22 heavy (non-hydrogen) atoms. The topological polar surface area (TPSA) is 38.0 Å². The van der Waals surface area contributed by atoms with Crippen molar-refractivity contribution < 1.29 is 5.11 Å². The Bertz CT molecular complexity index is 764. The van der Waals surface area contributed by atoms with E-state index in [-0.39, 0.29) is 6.61 Å². The SMILES string of the molecule is Cc1ccc(Cn2c(-c3ccccc3)nc(Cl)c2CO)cc1. The molecule has 3 rings (SSSR count). The van der Waals surface area contributed by atoms with E-state index in [2.05, 4.69) is 36.2 Å². The average Bonchev–Trinajstić information content (AvgIpc) is 2.86. The Balaban J connectivity index is 2.06. The first kappa shape index (κ1) is 14.8. The molecule has 1 N–H and O–H groups in total. The predicted molar refractivity (Wildman–Crippen MR) is 88.9 cm³/mol. The molecule has 0 spiro atoms. The van der Waals surface area contributed by atoms with E-state index in [1.165, 1.54) is 5.56 Å². The van der Waals surface area contributed by atoms with Gasteiger partial charge in [-0.05, 0) is 12.5 Å². The van der Waals surface area contributed by atoms with Crippen molar-refractivity contribution in [3.63, 3.8) is 0 Å². The molecule has 1 heterocycles. The van der Waals surface area contributed by atoms with Crippen LogP contribution < -0.4 is 0 Å². The fourth-order valence-corrected chi connectivity index (χ4v) is 2.70. The molecule has 2 aromatic carbocycles. The van der Waals surface area contributed by atoms with Crippen LogP contribution in [0.5, 0.6) is 0 Å². The van der Waals surface area contributed by atoms with Crippen molar-refractivity contribution in [3.05, 3.63) is 76.6 Å². The molecule has 0 atom stereocenters. The quantitative estimate of drug-likeness (QED) is 0.789. The van der Waals surface area contributed by atoms with Gasteiger partial charge in [0.25, 0.3) is 0 Å². The maximum Gasteiger partial charge on any atom is 0.153 e. The normalized spacial score (nSPS) is 10.9. The van der Waals surface area contributed by atoms with E-state index in [1.807, 2.05) is 34.9 Å². The molecule has 4 heteroatoms. The smallest absolute Gasteiger partial charge is 0.153 e. The van der Waals surface area contributed by atoms with Crippen LogP contribution in [0.1, 0.15) is 16.8 Å². The third-order valence-corrected chi connectivity index (χ3v) is 3.97. The summed E-state index contributed by atoms with van der Waals surface area (Å²) in [5.74, 6) is 0.773. The third-order valence-electron chi connectivity index (χ3n) is 3.67. The van der Waals surface area contributed by atoms with Crippen LogP contribution in [-0.2, 0) is 13.2 Å². The highest BCUT2D eigenvalue weighted by Gasteiger charge is 2.16. The molecule has 0 aliphatic carbocycles. The number of halogens is 1. The summed E-state index contributed by atoms with van der Waals surface area (Å²) in [4.78, 5) is 4.43. The lowest BCUT2D eigenvalue weighted by Gasteiger charge is -2.11. The van der Waals surface area contributed by atoms with Crippen molar-refractivity contribution in [3.8, 4) is 11.4 Å². The molecular weight excluding hydrogens is 296 g/mol. The molecule has 3 nitrogen and oxygen atoms in total. The number of rotatable bonds is 4. The Morgan fingerprint density at radius 3 is 2.36 bits per heavy atom. The highest BCUT2D eigenvalue weighted by atomic mass is 35.5. The fraction of sp³-hybridized carbons (Fsp3) is 0.167. The van der Waals surface area contributed by atoms with E-state index in [0.717, 1.165) is 17.0 Å². The van der Waals surface area contributed by atoms with Crippen LogP contribution >= 0.6 is 11.6 Å². The molecular formula is C18H17ClN2O. The monoisotopic (exact) mass is 312 g/mol. The Kier molecular flexibility index (Phi) is 4.27. The molecule has 0 aliphatic heterocycles. The number of hydrogen-bond acceptors (Lipinski definition) is 2.